The fourth-order valence-electron chi connectivity index (χ4n) is 1.28. The number of hydrogen-bond donors (Lipinski definition) is 0. The number of benzene rings is 1. The molecule has 0 amide bonds. The van der Waals surface area contributed by atoms with Gasteiger partial charge in [0.05, 0.1) is 4.92 Å². The summed E-state index contributed by atoms with van der Waals surface area (Å²) in [6, 6.07) is 3.15. The molecular weight excluding hydrogens is 190 g/mol. The summed E-state index contributed by atoms with van der Waals surface area (Å²) in [5, 5.41) is 11.0. The van der Waals surface area contributed by atoms with Crippen molar-refractivity contribution >= 4 is 17.3 Å². The highest BCUT2D eigenvalue weighted by molar-refractivity contribution is 6.30. The van der Waals surface area contributed by atoms with Crippen LogP contribution >= 0.6 is 11.6 Å². The van der Waals surface area contributed by atoms with Gasteiger partial charge in [-0.25, -0.2) is 0 Å². The Hall–Kier alpha value is -1.09. The summed E-state index contributed by atoms with van der Waals surface area (Å²) in [7, 11) is 0. The molecule has 0 radical (unpaired) electrons. The molecule has 3 nitrogen and oxygen atoms in total. The Bertz CT molecular complexity index is 350. The van der Waals surface area contributed by atoms with Crippen LogP contribution in [0.4, 0.5) is 5.69 Å². The van der Waals surface area contributed by atoms with Gasteiger partial charge in [0.25, 0.3) is 5.69 Å². The van der Waals surface area contributed by atoms with Crippen LogP contribution in [0.25, 0.3) is 0 Å². The smallest absolute Gasteiger partial charge is 0.258 e. The van der Waals surface area contributed by atoms with Crippen molar-refractivity contribution in [2.45, 2.75) is 20.3 Å². The number of aryl methyl sites for hydroxylation is 1. The predicted octanol–water partition coefficient (Wildman–Crippen LogP) is 3.12. The van der Waals surface area contributed by atoms with Crippen molar-refractivity contribution in [3.63, 3.8) is 0 Å². The highest BCUT2D eigenvalue weighted by atomic mass is 35.5. The second kappa shape index (κ2) is 3.75. The maximum absolute atomic E-state index is 10.6. The topological polar surface area (TPSA) is 43.1 Å². The molecule has 0 heterocycles. The minimum absolute atomic E-state index is 0.101. The van der Waals surface area contributed by atoms with Gasteiger partial charge in [-0.2, -0.15) is 0 Å². The molecule has 0 saturated carbocycles. The molecular formula is C9H10ClNO2. The van der Waals surface area contributed by atoms with Gasteiger partial charge < -0.3 is 0 Å². The van der Waals surface area contributed by atoms with Crippen molar-refractivity contribution in [3.8, 4) is 0 Å². The van der Waals surface area contributed by atoms with E-state index in [-0.39, 0.29) is 5.69 Å². The summed E-state index contributed by atoms with van der Waals surface area (Å²) in [4.78, 5) is 10.2. The Morgan fingerprint density at radius 3 is 2.62 bits per heavy atom. The second-order valence-corrected chi connectivity index (χ2v) is 3.26. The standard InChI is InChI=1S/C9H10ClNO2/c1-3-7-4-8(10)5-9(6(7)2)11(12)13/h4-5H,3H2,1-2H3. The Kier molecular flexibility index (Phi) is 2.88. The van der Waals surface area contributed by atoms with E-state index in [0.29, 0.717) is 10.6 Å². The van der Waals surface area contributed by atoms with E-state index in [0.717, 1.165) is 12.0 Å². The van der Waals surface area contributed by atoms with E-state index in [1.54, 1.807) is 13.0 Å². The lowest BCUT2D eigenvalue weighted by molar-refractivity contribution is -0.385. The first-order valence-electron chi connectivity index (χ1n) is 3.99. The van der Waals surface area contributed by atoms with Gasteiger partial charge in [0.1, 0.15) is 0 Å². The first-order chi connectivity index (χ1) is 6.06. The predicted molar refractivity (Wildman–Crippen MR) is 52.2 cm³/mol. The third-order valence-corrected chi connectivity index (χ3v) is 2.25. The van der Waals surface area contributed by atoms with Gasteiger partial charge in [-0.05, 0) is 25.0 Å². The minimum Gasteiger partial charge on any atom is -0.258 e. The lowest BCUT2D eigenvalue weighted by atomic mass is 10.1. The molecule has 0 saturated heterocycles. The normalized spacial score (nSPS) is 10.1. The SMILES string of the molecule is CCc1cc(Cl)cc([N+](=O)[O-])c1C. The van der Waals surface area contributed by atoms with Crippen LogP contribution in [0.2, 0.25) is 5.02 Å². The third-order valence-electron chi connectivity index (χ3n) is 2.03. The molecule has 0 aliphatic heterocycles. The number of nitro groups is 1. The maximum atomic E-state index is 10.6. The zero-order valence-electron chi connectivity index (χ0n) is 7.50. The maximum Gasteiger partial charge on any atom is 0.274 e. The molecule has 1 aromatic rings. The molecule has 0 atom stereocenters. The molecule has 0 unspecified atom stereocenters. The Balaban J connectivity index is 3.35. The zero-order valence-corrected chi connectivity index (χ0v) is 8.26. The Morgan fingerprint density at radius 2 is 2.15 bits per heavy atom. The molecule has 0 spiro atoms. The lowest BCUT2D eigenvalue weighted by Crippen LogP contribution is -1.95. The Labute approximate surface area is 81.5 Å². The van der Waals surface area contributed by atoms with E-state index >= 15 is 0 Å². The van der Waals surface area contributed by atoms with E-state index in [1.807, 2.05) is 6.92 Å². The van der Waals surface area contributed by atoms with Crippen molar-refractivity contribution < 1.29 is 4.92 Å². The molecule has 13 heavy (non-hydrogen) atoms. The van der Waals surface area contributed by atoms with Gasteiger partial charge in [-0.3, -0.25) is 10.1 Å². The van der Waals surface area contributed by atoms with Crippen molar-refractivity contribution in [3.05, 3.63) is 38.4 Å². The van der Waals surface area contributed by atoms with Crippen LogP contribution < -0.4 is 0 Å². The quantitative estimate of drug-likeness (QED) is 0.543. The average Bonchev–Trinajstić information content (AvgIpc) is 2.08. The number of rotatable bonds is 2. The van der Waals surface area contributed by atoms with Crippen molar-refractivity contribution in [2.24, 2.45) is 0 Å². The lowest BCUT2D eigenvalue weighted by Gasteiger charge is -2.03. The minimum atomic E-state index is -0.402. The van der Waals surface area contributed by atoms with Crippen LogP contribution in [0.15, 0.2) is 12.1 Å². The van der Waals surface area contributed by atoms with Crippen LogP contribution in [0.3, 0.4) is 0 Å². The fourth-order valence-corrected chi connectivity index (χ4v) is 1.51. The summed E-state index contributed by atoms with van der Waals surface area (Å²) in [6.07, 6.45) is 0.757. The first kappa shape index (κ1) is 9.99. The van der Waals surface area contributed by atoms with Gasteiger partial charge in [-0.1, -0.05) is 18.5 Å². The summed E-state index contributed by atoms with van der Waals surface area (Å²) >= 11 is 5.74. The van der Waals surface area contributed by atoms with E-state index < -0.39 is 4.92 Å². The molecule has 1 aromatic carbocycles. The third kappa shape index (κ3) is 1.98. The monoisotopic (exact) mass is 199 g/mol. The summed E-state index contributed by atoms with van der Waals surface area (Å²) in [6.45, 7) is 3.69. The molecule has 0 fully saturated rings. The van der Waals surface area contributed by atoms with Gasteiger partial charge >= 0.3 is 0 Å². The van der Waals surface area contributed by atoms with E-state index in [9.17, 15) is 10.1 Å². The van der Waals surface area contributed by atoms with E-state index in [4.69, 9.17) is 11.6 Å². The van der Waals surface area contributed by atoms with Crippen LogP contribution in [0, 0.1) is 17.0 Å². The van der Waals surface area contributed by atoms with E-state index in [2.05, 4.69) is 0 Å². The second-order valence-electron chi connectivity index (χ2n) is 2.82. The number of halogens is 1. The van der Waals surface area contributed by atoms with Crippen LogP contribution in [-0.4, -0.2) is 4.92 Å². The average molecular weight is 200 g/mol. The van der Waals surface area contributed by atoms with Gasteiger partial charge in [0, 0.05) is 16.7 Å². The molecule has 4 heteroatoms. The number of hydrogen-bond acceptors (Lipinski definition) is 2. The molecule has 0 aliphatic carbocycles. The molecule has 0 bridgehead atoms. The van der Waals surface area contributed by atoms with Gasteiger partial charge in [-0.15, -0.1) is 0 Å². The number of nitro benzene ring substituents is 1. The highest BCUT2D eigenvalue weighted by Crippen LogP contribution is 2.26. The largest absolute Gasteiger partial charge is 0.274 e. The molecule has 1 rings (SSSR count). The first-order valence-corrected chi connectivity index (χ1v) is 4.37. The van der Waals surface area contributed by atoms with Crippen LogP contribution in [0.1, 0.15) is 18.1 Å². The van der Waals surface area contributed by atoms with Crippen LogP contribution in [-0.2, 0) is 6.42 Å². The zero-order chi connectivity index (χ0) is 10.0. The molecule has 0 N–H and O–H groups in total. The van der Waals surface area contributed by atoms with Crippen molar-refractivity contribution in [1.29, 1.82) is 0 Å². The number of nitrogens with zero attached hydrogens (tertiary/aromatic N) is 1. The summed E-state index contributed by atoms with van der Waals surface area (Å²) in [5.74, 6) is 0. The fraction of sp³-hybridized carbons (Fsp3) is 0.333. The van der Waals surface area contributed by atoms with Crippen molar-refractivity contribution in [1.82, 2.24) is 0 Å². The molecule has 0 aliphatic rings. The van der Waals surface area contributed by atoms with Crippen molar-refractivity contribution in [2.75, 3.05) is 0 Å². The van der Waals surface area contributed by atoms with Gasteiger partial charge in [0.15, 0.2) is 0 Å². The summed E-state index contributed by atoms with van der Waals surface area (Å²) < 4.78 is 0. The molecule has 70 valence electrons. The molecule has 0 aromatic heterocycles. The Morgan fingerprint density at radius 1 is 1.54 bits per heavy atom. The summed E-state index contributed by atoms with van der Waals surface area (Å²) in [5.41, 5.74) is 1.74. The van der Waals surface area contributed by atoms with E-state index in [1.165, 1.54) is 6.07 Å². The highest BCUT2D eigenvalue weighted by Gasteiger charge is 2.14. The van der Waals surface area contributed by atoms with Crippen LogP contribution in [0.5, 0.6) is 0 Å². The van der Waals surface area contributed by atoms with Gasteiger partial charge in [0.2, 0.25) is 0 Å².